The Morgan fingerprint density at radius 3 is 2.33 bits per heavy atom. The van der Waals surface area contributed by atoms with Crippen molar-refractivity contribution in [3.63, 3.8) is 0 Å². The molecule has 0 saturated carbocycles. The van der Waals surface area contributed by atoms with Crippen LogP contribution in [0.25, 0.3) is 0 Å². The predicted octanol–water partition coefficient (Wildman–Crippen LogP) is -0.190. The fourth-order valence-electron chi connectivity index (χ4n) is 1.47. The highest BCUT2D eigenvalue weighted by molar-refractivity contribution is 8.00. The molecule has 1 aromatic carbocycles. The highest BCUT2D eigenvalue weighted by atomic mass is 32.2. The molecule has 9 heteroatoms. The van der Waals surface area contributed by atoms with Crippen LogP contribution in [-0.4, -0.2) is 43.5 Å². The monoisotopic (exact) mass is 332 g/mol. The summed E-state index contributed by atoms with van der Waals surface area (Å²) in [6, 6.07) is 6.08. The van der Waals surface area contributed by atoms with Crippen LogP contribution in [0.15, 0.2) is 29.2 Å². The molecule has 21 heavy (non-hydrogen) atoms. The number of nitrogens with one attached hydrogen (secondary N) is 1. The highest BCUT2D eigenvalue weighted by Gasteiger charge is 2.07. The largest absolute Gasteiger partial charge is 0.481 e. The van der Waals surface area contributed by atoms with Crippen LogP contribution in [0, 0.1) is 0 Å². The maximum atomic E-state index is 11.4. The molecule has 0 bridgehead atoms. The number of primary sulfonamides is 1. The lowest BCUT2D eigenvalue weighted by Gasteiger charge is -2.05. The van der Waals surface area contributed by atoms with Crippen molar-refractivity contribution >= 4 is 33.7 Å². The Morgan fingerprint density at radius 1 is 1.19 bits per heavy atom. The summed E-state index contributed by atoms with van der Waals surface area (Å²) in [4.78, 5) is 21.7. The third-order valence-corrected chi connectivity index (χ3v) is 4.29. The van der Waals surface area contributed by atoms with E-state index in [1.54, 1.807) is 12.1 Å². The third kappa shape index (κ3) is 7.11. The summed E-state index contributed by atoms with van der Waals surface area (Å²) >= 11 is 1.03. The quantitative estimate of drug-likeness (QED) is 0.605. The van der Waals surface area contributed by atoms with Crippen molar-refractivity contribution in [3.8, 4) is 0 Å². The smallest absolute Gasteiger partial charge is 0.313 e. The van der Waals surface area contributed by atoms with E-state index in [-0.39, 0.29) is 22.3 Å². The number of benzene rings is 1. The molecule has 7 nitrogen and oxygen atoms in total. The van der Waals surface area contributed by atoms with E-state index in [0.717, 1.165) is 17.3 Å². The minimum atomic E-state index is -3.69. The first-order valence-electron chi connectivity index (χ1n) is 5.97. The zero-order chi connectivity index (χ0) is 15.9. The van der Waals surface area contributed by atoms with Gasteiger partial charge in [-0.15, -0.1) is 11.8 Å². The van der Waals surface area contributed by atoms with E-state index in [1.165, 1.54) is 12.1 Å². The van der Waals surface area contributed by atoms with Gasteiger partial charge < -0.3 is 10.4 Å². The second-order valence-corrected chi connectivity index (χ2v) is 6.72. The SMILES string of the molecule is NS(=O)(=O)c1ccc(CCNC(=O)CSCC(=O)O)cc1. The molecule has 1 aromatic rings. The number of amides is 1. The molecule has 0 aliphatic heterocycles. The molecule has 0 aromatic heterocycles. The van der Waals surface area contributed by atoms with Crippen molar-refractivity contribution in [2.75, 3.05) is 18.1 Å². The van der Waals surface area contributed by atoms with Crippen molar-refractivity contribution in [2.24, 2.45) is 5.14 Å². The number of carbonyl (C=O) groups excluding carboxylic acids is 1. The summed E-state index contributed by atoms with van der Waals surface area (Å²) < 4.78 is 22.1. The summed E-state index contributed by atoms with van der Waals surface area (Å²) in [6.45, 7) is 0.390. The predicted molar refractivity (Wildman–Crippen MR) is 79.5 cm³/mol. The Labute approximate surface area is 127 Å². The fourth-order valence-corrected chi connectivity index (χ4v) is 2.55. The number of hydrogen-bond acceptors (Lipinski definition) is 5. The first-order valence-corrected chi connectivity index (χ1v) is 8.67. The van der Waals surface area contributed by atoms with E-state index in [0.29, 0.717) is 13.0 Å². The summed E-state index contributed by atoms with van der Waals surface area (Å²) in [5.74, 6) is -1.20. The number of carbonyl (C=O) groups is 2. The molecule has 0 aliphatic rings. The molecule has 1 rings (SSSR count). The van der Waals surface area contributed by atoms with E-state index in [4.69, 9.17) is 10.2 Å². The molecule has 0 unspecified atom stereocenters. The van der Waals surface area contributed by atoms with Crippen LogP contribution >= 0.6 is 11.8 Å². The number of thioether (sulfide) groups is 1. The summed E-state index contributed by atoms with van der Waals surface area (Å²) in [5.41, 5.74) is 0.862. The van der Waals surface area contributed by atoms with Crippen LogP contribution in [0.2, 0.25) is 0 Å². The number of nitrogens with two attached hydrogens (primary N) is 1. The zero-order valence-corrected chi connectivity index (χ0v) is 12.7. The Morgan fingerprint density at radius 2 is 1.81 bits per heavy atom. The van der Waals surface area contributed by atoms with E-state index < -0.39 is 16.0 Å². The van der Waals surface area contributed by atoms with E-state index in [1.807, 2.05) is 0 Å². The minimum absolute atomic E-state index is 0.0420. The lowest BCUT2D eigenvalue weighted by Crippen LogP contribution is -2.27. The molecule has 4 N–H and O–H groups in total. The zero-order valence-electron chi connectivity index (χ0n) is 11.1. The van der Waals surface area contributed by atoms with Crippen molar-refractivity contribution in [1.82, 2.24) is 5.32 Å². The maximum Gasteiger partial charge on any atom is 0.313 e. The Hall–Kier alpha value is -1.58. The Balaban J connectivity index is 2.32. The van der Waals surface area contributed by atoms with Gasteiger partial charge in [-0.2, -0.15) is 0 Å². The van der Waals surface area contributed by atoms with Gasteiger partial charge in [0.05, 0.1) is 16.4 Å². The topological polar surface area (TPSA) is 127 Å². The number of rotatable bonds is 8. The van der Waals surface area contributed by atoms with Crippen LogP contribution in [0.1, 0.15) is 5.56 Å². The third-order valence-electron chi connectivity index (χ3n) is 2.45. The number of hydrogen-bond donors (Lipinski definition) is 3. The van der Waals surface area contributed by atoms with Crippen molar-refractivity contribution in [2.45, 2.75) is 11.3 Å². The van der Waals surface area contributed by atoms with Gasteiger partial charge in [-0.05, 0) is 24.1 Å². The fraction of sp³-hybridized carbons (Fsp3) is 0.333. The Bertz CT molecular complexity index is 599. The number of carboxylic acids is 1. The Kier molecular flexibility index (Phi) is 6.66. The maximum absolute atomic E-state index is 11.4. The summed E-state index contributed by atoms with van der Waals surface area (Å²) in [7, 11) is -3.69. The molecule has 0 atom stereocenters. The summed E-state index contributed by atoms with van der Waals surface area (Å²) in [5, 5.41) is 16.1. The molecule has 0 heterocycles. The molecule has 0 aliphatic carbocycles. The van der Waals surface area contributed by atoms with Gasteiger partial charge in [0.2, 0.25) is 15.9 Å². The molecule has 0 radical (unpaired) electrons. The van der Waals surface area contributed by atoms with Crippen LogP contribution in [0.5, 0.6) is 0 Å². The number of carboxylic acid groups (broad SMARTS) is 1. The van der Waals surface area contributed by atoms with Gasteiger partial charge in [-0.3, -0.25) is 9.59 Å². The lowest BCUT2D eigenvalue weighted by atomic mass is 10.1. The minimum Gasteiger partial charge on any atom is -0.481 e. The molecular formula is C12H16N2O5S2. The molecular weight excluding hydrogens is 316 g/mol. The van der Waals surface area contributed by atoms with Gasteiger partial charge in [0.15, 0.2) is 0 Å². The van der Waals surface area contributed by atoms with Gasteiger partial charge in [0.1, 0.15) is 0 Å². The van der Waals surface area contributed by atoms with Gasteiger partial charge in [-0.1, -0.05) is 12.1 Å². The average Bonchev–Trinajstić information content (AvgIpc) is 2.38. The second-order valence-electron chi connectivity index (χ2n) is 4.18. The van der Waals surface area contributed by atoms with Crippen molar-refractivity contribution in [1.29, 1.82) is 0 Å². The van der Waals surface area contributed by atoms with Crippen molar-refractivity contribution < 1.29 is 23.1 Å². The number of aliphatic carboxylic acids is 1. The van der Waals surface area contributed by atoms with Gasteiger partial charge in [-0.25, -0.2) is 13.6 Å². The molecule has 0 saturated heterocycles. The lowest BCUT2D eigenvalue weighted by molar-refractivity contribution is -0.133. The van der Waals surface area contributed by atoms with E-state index >= 15 is 0 Å². The van der Waals surface area contributed by atoms with Crippen molar-refractivity contribution in [3.05, 3.63) is 29.8 Å². The van der Waals surface area contributed by atoms with Gasteiger partial charge in [0.25, 0.3) is 0 Å². The van der Waals surface area contributed by atoms with Crippen LogP contribution in [0.4, 0.5) is 0 Å². The number of sulfonamides is 1. The van der Waals surface area contributed by atoms with Gasteiger partial charge in [0, 0.05) is 6.54 Å². The van der Waals surface area contributed by atoms with Crippen LogP contribution in [0.3, 0.4) is 0 Å². The average molecular weight is 332 g/mol. The van der Waals surface area contributed by atoms with E-state index in [2.05, 4.69) is 5.32 Å². The molecule has 1 amide bonds. The van der Waals surface area contributed by atoms with Gasteiger partial charge >= 0.3 is 5.97 Å². The summed E-state index contributed by atoms with van der Waals surface area (Å²) in [6.07, 6.45) is 0.542. The van der Waals surface area contributed by atoms with Crippen LogP contribution < -0.4 is 10.5 Å². The highest BCUT2D eigenvalue weighted by Crippen LogP contribution is 2.08. The molecule has 0 fully saturated rings. The molecule has 0 spiro atoms. The standard InChI is InChI=1S/C12H16N2O5S2/c13-21(18,19)10-3-1-9(2-4-10)5-6-14-11(15)7-20-8-12(16)17/h1-4H,5-8H2,(H,14,15)(H,16,17)(H2,13,18,19). The normalized spacial score (nSPS) is 11.1. The van der Waals surface area contributed by atoms with Crippen LogP contribution in [-0.2, 0) is 26.0 Å². The first kappa shape index (κ1) is 17.5. The van der Waals surface area contributed by atoms with E-state index in [9.17, 15) is 18.0 Å². The first-order chi connectivity index (χ1) is 9.79. The molecule has 116 valence electrons. The second kappa shape index (κ2) is 8.01.